The van der Waals surface area contributed by atoms with Crippen LogP contribution in [0.2, 0.25) is 0 Å². The monoisotopic (exact) mass is 311 g/mol. The van der Waals surface area contributed by atoms with Crippen LogP contribution in [0.25, 0.3) is 0 Å². The molecule has 0 aliphatic heterocycles. The van der Waals surface area contributed by atoms with Crippen LogP contribution in [0.1, 0.15) is 30.2 Å². The zero-order valence-corrected chi connectivity index (χ0v) is 13.0. The third-order valence-electron chi connectivity index (χ3n) is 2.94. The summed E-state index contributed by atoms with van der Waals surface area (Å²) >= 11 is 1.23. The van der Waals surface area contributed by atoms with Crippen molar-refractivity contribution >= 4 is 27.0 Å². The number of sulfonamides is 1. The third kappa shape index (κ3) is 3.20. The van der Waals surface area contributed by atoms with Gasteiger partial charge in [-0.1, -0.05) is 26.0 Å². The van der Waals surface area contributed by atoms with E-state index in [-0.39, 0.29) is 11.5 Å². The van der Waals surface area contributed by atoms with Crippen LogP contribution in [-0.4, -0.2) is 13.5 Å². The first-order valence-corrected chi connectivity index (χ1v) is 8.60. The van der Waals surface area contributed by atoms with Crippen molar-refractivity contribution in [1.29, 1.82) is 0 Å². The quantitative estimate of drug-likeness (QED) is 0.891. The lowest BCUT2D eigenvalue weighted by atomic mass is 10.0. The van der Waals surface area contributed by atoms with Gasteiger partial charge in [0.25, 0.3) is 10.0 Å². The largest absolute Gasteiger partial charge is 0.391 e. The van der Waals surface area contributed by atoms with Gasteiger partial charge in [-0.05, 0) is 35.1 Å². The summed E-state index contributed by atoms with van der Waals surface area (Å²) in [5.74, 6) is 0.327. The highest BCUT2D eigenvalue weighted by atomic mass is 32.2. The van der Waals surface area contributed by atoms with Crippen LogP contribution >= 0.6 is 11.3 Å². The van der Waals surface area contributed by atoms with Crippen LogP contribution in [0.15, 0.2) is 40.6 Å². The molecule has 1 aromatic heterocycles. The molecule has 1 aromatic carbocycles. The highest BCUT2D eigenvalue weighted by molar-refractivity contribution is 7.93. The van der Waals surface area contributed by atoms with E-state index in [9.17, 15) is 13.5 Å². The summed E-state index contributed by atoms with van der Waals surface area (Å²) in [6.45, 7) is 3.83. The minimum absolute atomic E-state index is 0.139. The van der Waals surface area contributed by atoms with Crippen LogP contribution in [-0.2, 0) is 16.6 Å². The fourth-order valence-electron chi connectivity index (χ4n) is 1.86. The summed E-state index contributed by atoms with van der Waals surface area (Å²) < 4.78 is 27.2. The summed E-state index contributed by atoms with van der Waals surface area (Å²) in [6.07, 6.45) is 0. The second-order valence-corrected chi connectivity index (χ2v) is 7.40. The van der Waals surface area contributed by atoms with Gasteiger partial charge in [0.1, 0.15) is 4.90 Å². The molecule has 108 valence electrons. The van der Waals surface area contributed by atoms with E-state index in [1.807, 2.05) is 18.2 Å². The van der Waals surface area contributed by atoms with Gasteiger partial charge < -0.3 is 5.11 Å². The van der Waals surface area contributed by atoms with Gasteiger partial charge >= 0.3 is 0 Å². The number of thiophene rings is 1. The molecule has 0 saturated carbocycles. The van der Waals surface area contributed by atoms with Crippen molar-refractivity contribution < 1.29 is 13.5 Å². The minimum Gasteiger partial charge on any atom is -0.391 e. The van der Waals surface area contributed by atoms with Crippen molar-refractivity contribution in [3.8, 4) is 0 Å². The summed E-state index contributed by atoms with van der Waals surface area (Å²) in [4.78, 5) is 0.581. The van der Waals surface area contributed by atoms with Gasteiger partial charge in [-0.2, -0.15) is 0 Å². The van der Waals surface area contributed by atoms with Crippen LogP contribution in [0, 0.1) is 0 Å². The number of nitrogens with one attached hydrogen (secondary N) is 1. The van der Waals surface area contributed by atoms with Gasteiger partial charge in [0, 0.05) is 5.69 Å². The zero-order chi connectivity index (χ0) is 14.8. The predicted octanol–water partition coefficient (Wildman–Crippen LogP) is 3.16. The first-order valence-electron chi connectivity index (χ1n) is 6.24. The van der Waals surface area contributed by atoms with E-state index in [1.54, 1.807) is 11.4 Å². The molecule has 0 fully saturated rings. The van der Waals surface area contributed by atoms with E-state index in [4.69, 9.17) is 0 Å². The van der Waals surface area contributed by atoms with E-state index in [1.165, 1.54) is 17.4 Å². The maximum atomic E-state index is 12.3. The van der Waals surface area contributed by atoms with Gasteiger partial charge in [-0.3, -0.25) is 4.72 Å². The Labute approximate surface area is 123 Å². The van der Waals surface area contributed by atoms with Crippen LogP contribution < -0.4 is 4.72 Å². The normalized spacial score (nSPS) is 11.8. The number of benzene rings is 1. The van der Waals surface area contributed by atoms with Gasteiger partial charge in [0.05, 0.1) is 11.5 Å². The molecule has 0 aliphatic carbocycles. The molecule has 20 heavy (non-hydrogen) atoms. The van der Waals surface area contributed by atoms with Crippen LogP contribution in [0.4, 0.5) is 5.69 Å². The topological polar surface area (TPSA) is 66.4 Å². The number of hydrogen-bond acceptors (Lipinski definition) is 4. The number of anilines is 1. The molecule has 2 aromatic rings. The van der Waals surface area contributed by atoms with E-state index in [0.717, 1.165) is 5.56 Å². The van der Waals surface area contributed by atoms with Crippen molar-refractivity contribution in [3.05, 3.63) is 46.2 Å². The van der Waals surface area contributed by atoms with Crippen LogP contribution in [0.3, 0.4) is 0 Å². The Morgan fingerprint density at radius 2 is 2.05 bits per heavy atom. The number of rotatable bonds is 5. The first-order chi connectivity index (χ1) is 9.44. The van der Waals surface area contributed by atoms with E-state index in [0.29, 0.717) is 16.5 Å². The molecule has 2 N–H and O–H groups in total. The van der Waals surface area contributed by atoms with Crippen LogP contribution in [0.5, 0.6) is 0 Å². The van der Waals surface area contributed by atoms with Gasteiger partial charge in [0.15, 0.2) is 0 Å². The molecule has 4 nitrogen and oxygen atoms in total. The molecule has 0 atom stereocenters. The number of hydrogen-bond donors (Lipinski definition) is 2. The average Bonchev–Trinajstić information content (AvgIpc) is 2.87. The highest BCUT2D eigenvalue weighted by Gasteiger charge is 2.19. The molecule has 0 unspecified atom stereocenters. The average molecular weight is 311 g/mol. The Bertz CT molecular complexity index is 690. The summed E-state index contributed by atoms with van der Waals surface area (Å²) in [7, 11) is -3.65. The number of aliphatic hydroxyl groups excluding tert-OH is 1. The Hall–Kier alpha value is -1.37. The van der Waals surface area contributed by atoms with E-state index < -0.39 is 10.0 Å². The summed E-state index contributed by atoms with van der Waals surface area (Å²) in [5.41, 5.74) is 1.60. The predicted molar refractivity (Wildman–Crippen MR) is 81.6 cm³/mol. The van der Waals surface area contributed by atoms with E-state index >= 15 is 0 Å². The molecule has 0 spiro atoms. The van der Waals surface area contributed by atoms with Gasteiger partial charge in [-0.25, -0.2) is 8.42 Å². The molecule has 0 aliphatic rings. The standard InChI is InChI=1S/C14H17NO3S2/c1-10(2)11-4-3-5-12(8-11)15-20(17,18)14-6-7-19-13(14)9-16/h3-8,10,15-16H,9H2,1-2H3. The molecular weight excluding hydrogens is 294 g/mol. The van der Waals surface area contributed by atoms with Crippen molar-refractivity contribution in [1.82, 2.24) is 0 Å². The second kappa shape index (κ2) is 5.95. The SMILES string of the molecule is CC(C)c1cccc(NS(=O)(=O)c2ccsc2CO)c1. The van der Waals surface area contributed by atoms with Crippen molar-refractivity contribution in [2.24, 2.45) is 0 Å². The molecule has 1 heterocycles. The molecule has 0 saturated heterocycles. The summed E-state index contributed by atoms with van der Waals surface area (Å²) in [6, 6.07) is 8.84. The minimum atomic E-state index is -3.65. The van der Waals surface area contributed by atoms with Gasteiger partial charge in [-0.15, -0.1) is 11.3 Å². The molecule has 0 radical (unpaired) electrons. The van der Waals surface area contributed by atoms with Gasteiger partial charge in [0.2, 0.25) is 0 Å². The third-order valence-corrected chi connectivity index (χ3v) is 5.44. The van der Waals surface area contributed by atoms with E-state index in [2.05, 4.69) is 18.6 Å². The Kier molecular flexibility index (Phi) is 4.47. The smallest absolute Gasteiger partial charge is 0.263 e. The molecule has 0 bridgehead atoms. The summed E-state index contributed by atoms with van der Waals surface area (Å²) in [5, 5.41) is 10.8. The molecule has 0 amide bonds. The molecule has 6 heteroatoms. The lowest BCUT2D eigenvalue weighted by molar-refractivity contribution is 0.282. The van der Waals surface area contributed by atoms with Crippen molar-refractivity contribution in [2.45, 2.75) is 31.3 Å². The fraction of sp³-hybridized carbons (Fsp3) is 0.286. The Morgan fingerprint density at radius 3 is 2.70 bits per heavy atom. The maximum absolute atomic E-state index is 12.3. The Balaban J connectivity index is 2.31. The zero-order valence-electron chi connectivity index (χ0n) is 11.3. The fourth-order valence-corrected chi connectivity index (χ4v) is 4.20. The maximum Gasteiger partial charge on any atom is 0.263 e. The molecule has 2 rings (SSSR count). The highest BCUT2D eigenvalue weighted by Crippen LogP contribution is 2.25. The lowest BCUT2D eigenvalue weighted by Crippen LogP contribution is -2.14. The van der Waals surface area contributed by atoms with Crippen molar-refractivity contribution in [3.63, 3.8) is 0 Å². The first kappa shape index (κ1) is 15.0. The lowest BCUT2D eigenvalue weighted by Gasteiger charge is -2.11. The molecular formula is C14H17NO3S2. The second-order valence-electron chi connectivity index (χ2n) is 4.75. The Morgan fingerprint density at radius 1 is 1.30 bits per heavy atom. The number of aliphatic hydroxyl groups is 1. The van der Waals surface area contributed by atoms with Crippen molar-refractivity contribution in [2.75, 3.05) is 4.72 Å².